The normalized spacial score (nSPS) is 12.7. The molecule has 0 spiro atoms. The zero-order valence-electron chi connectivity index (χ0n) is 7.25. The van der Waals surface area contributed by atoms with E-state index >= 15 is 0 Å². The van der Waals surface area contributed by atoms with Crippen LogP contribution in [0, 0.1) is 0 Å². The Morgan fingerprint density at radius 3 is 2.64 bits per heavy atom. The van der Waals surface area contributed by atoms with Crippen LogP contribution in [0.5, 0.6) is 0 Å². The second-order valence-corrected chi connectivity index (χ2v) is 2.36. The molecule has 0 unspecified atom stereocenters. The number of nitrogens with zero attached hydrogens (tertiary/aromatic N) is 2. The topological polar surface area (TPSA) is 34.5 Å². The van der Waals surface area contributed by atoms with Crippen LogP contribution in [-0.2, 0) is 4.84 Å². The summed E-state index contributed by atoms with van der Waals surface area (Å²) in [6.45, 7) is 0. The molecular formula is C8H7F3N2O. The Morgan fingerprint density at radius 1 is 1.50 bits per heavy atom. The van der Waals surface area contributed by atoms with Gasteiger partial charge in [-0.1, -0.05) is 5.16 Å². The molecule has 14 heavy (non-hydrogen) atoms. The van der Waals surface area contributed by atoms with Crippen molar-refractivity contribution in [3.8, 4) is 0 Å². The van der Waals surface area contributed by atoms with E-state index in [9.17, 15) is 13.2 Å². The van der Waals surface area contributed by atoms with E-state index in [1.165, 1.54) is 18.3 Å². The molecule has 0 N–H and O–H groups in total. The average molecular weight is 204 g/mol. The quantitative estimate of drug-likeness (QED) is 0.545. The third-order valence-electron chi connectivity index (χ3n) is 1.39. The van der Waals surface area contributed by atoms with Crippen molar-refractivity contribution in [2.45, 2.75) is 6.18 Å². The maximum absolute atomic E-state index is 12.4. The molecule has 76 valence electrons. The highest BCUT2D eigenvalue weighted by molar-refractivity contribution is 6.03. The monoisotopic (exact) mass is 204 g/mol. The fourth-order valence-electron chi connectivity index (χ4n) is 0.862. The van der Waals surface area contributed by atoms with Crippen molar-refractivity contribution in [1.29, 1.82) is 0 Å². The van der Waals surface area contributed by atoms with Crippen molar-refractivity contribution in [1.82, 2.24) is 4.98 Å². The molecule has 6 heteroatoms. The Balaban J connectivity index is 3.09. The zero-order chi connectivity index (χ0) is 10.6. The van der Waals surface area contributed by atoms with E-state index in [4.69, 9.17) is 0 Å². The molecule has 0 fully saturated rings. The van der Waals surface area contributed by atoms with E-state index < -0.39 is 11.9 Å². The molecule has 0 aliphatic carbocycles. The third kappa shape index (κ3) is 2.45. The van der Waals surface area contributed by atoms with Crippen LogP contribution < -0.4 is 0 Å². The molecule has 0 amide bonds. The standard InChI is InChI=1S/C8H7F3N2O/c1-14-13-7(8(9,10)11)6-3-2-4-12-5-6/h2-5H,1H3/b13-7+. The van der Waals surface area contributed by atoms with Crippen molar-refractivity contribution < 1.29 is 18.0 Å². The summed E-state index contributed by atoms with van der Waals surface area (Å²) in [5.74, 6) is 0. The highest BCUT2D eigenvalue weighted by Crippen LogP contribution is 2.22. The molecule has 0 saturated heterocycles. The van der Waals surface area contributed by atoms with Crippen LogP contribution in [0.2, 0.25) is 0 Å². The van der Waals surface area contributed by atoms with Crippen molar-refractivity contribution >= 4 is 5.71 Å². The summed E-state index contributed by atoms with van der Waals surface area (Å²) in [7, 11) is 1.06. The maximum atomic E-state index is 12.4. The fourth-order valence-corrected chi connectivity index (χ4v) is 0.862. The Hall–Kier alpha value is -1.59. The first-order valence-corrected chi connectivity index (χ1v) is 3.64. The summed E-state index contributed by atoms with van der Waals surface area (Å²) < 4.78 is 37.1. The molecular weight excluding hydrogens is 197 g/mol. The van der Waals surface area contributed by atoms with Crippen LogP contribution in [-0.4, -0.2) is 24.0 Å². The first-order chi connectivity index (χ1) is 6.55. The second kappa shape index (κ2) is 4.08. The van der Waals surface area contributed by atoms with Gasteiger partial charge in [0.15, 0.2) is 5.71 Å². The van der Waals surface area contributed by atoms with Gasteiger partial charge in [0.2, 0.25) is 0 Å². The molecule has 1 heterocycles. The minimum atomic E-state index is -4.54. The van der Waals surface area contributed by atoms with Gasteiger partial charge in [0.05, 0.1) is 0 Å². The fraction of sp³-hybridized carbons (Fsp3) is 0.250. The number of hydrogen-bond acceptors (Lipinski definition) is 3. The van der Waals surface area contributed by atoms with Crippen LogP contribution in [0.4, 0.5) is 13.2 Å². The predicted molar refractivity (Wildman–Crippen MR) is 43.8 cm³/mol. The largest absolute Gasteiger partial charge is 0.437 e. The van der Waals surface area contributed by atoms with Gasteiger partial charge >= 0.3 is 6.18 Å². The van der Waals surface area contributed by atoms with Crippen LogP contribution in [0.25, 0.3) is 0 Å². The summed E-state index contributed by atoms with van der Waals surface area (Å²) >= 11 is 0. The van der Waals surface area contributed by atoms with Gasteiger partial charge in [-0.05, 0) is 12.1 Å². The number of rotatable bonds is 2. The molecule has 0 aromatic carbocycles. The first-order valence-electron chi connectivity index (χ1n) is 3.64. The summed E-state index contributed by atoms with van der Waals surface area (Å²) in [5.41, 5.74) is -1.21. The van der Waals surface area contributed by atoms with Crippen LogP contribution in [0.1, 0.15) is 5.56 Å². The van der Waals surface area contributed by atoms with E-state index in [2.05, 4.69) is 15.0 Å². The number of alkyl halides is 3. The van der Waals surface area contributed by atoms with Crippen LogP contribution >= 0.6 is 0 Å². The molecule has 0 atom stereocenters. The lowest BCUT2D eigenvalue weighted by atomic mass is 10.2. The molecule has 1 aromatic rings. The van der Waals surface area contributed by atoms with E-state index in [0.717, 1.165) is 13.3 Å². The van der Waals surface area contributed by atoms with Gasteiger partial charge in [-0.2, -0.15) is 13.2 Å². The summed E-state index contributed by atoms with van der Waals surface area (Å²) in [6, 6.07) is 2.66. The van der Waals surface area contributed by atoms with E-state index in [1.807, 2.05) is 0 Å². The van der Waals surface area contributed by atoms with E-state index in [1.54, 1.807) is 0 Å². The molecule has 0 radical (unpaired) electrons. The third-order valence-corrected chi connectivity index (χ3v) is 1.39. The molecule has 0 bridgehead atoms. The van der Waals surface area contributed by atoms with Gasteiger partial charge in [-0.15, -0.1) is 0 Å². The maximum Gasteiger partial charge on any atom is 0.437 e. The predicted octanol–water partition coefficient (Wildman–Crippen LogP) is 1.99. The molecule has 1 aromatic heterocycles. The average Bonchev–Trinajstić information content (AvgIpc) is 2.14. The highest BCUT2D eigenvalue weighted by atomic mass is 19.4. The Kier molecular flexibility index (Phi) is 3.06. The van der Waals surface area contributed by atoms with Gasteiger partial charge in [0.1, 0.15) is 7.11 Å². The summed E-state index contributed by atoms with van der Waals surface area (Å²) in [4.78, 5) is 7.69. The van der Waals surface area contributed by atoms with Crippen molar-refractivity contribution in [3.63, 3.8) is 0 Å². The lowest BCUT2D eigenvalue weighted by molar-refractivity contribution is -0.0608. The van der Waals surface area contributed by atoms with E-state index in [0.29, 0.717) is 0 Å². The number of hydrogen-bond donors (Lipinski definition) is 0. The van der Waals surface area contributed by atoms with Crippen molar-refractivity contribution in [2.75, 3.05) is 7.11 Å². The Morgan fingerprint density at radius 2 is 2.21 bits per heavy atom. The highest BCUT2D eigenvalue weighted by Gasteiger charge is 2.37. The van der Waals surface area contributed by atoms with Gasteiger partial charge in [0.25, 0.3) is 0 Å². The lowest BCUT2D eigenvalue weighted by Gasteiger charge is -2.08. The minimum Gasteiger partial charge on any atom is -0.399 e. The first kappa shape index (κ1) is 10.5. The van der Waals surface area contributed by atoms with Gasteiger partial charge in [-0.3, -0.25) is 4.98 Å². The lowest BCUT2D eigenvalue weighted by Crippen LogP contribution is -2.24. The van der Waals surface area contributed by atoms with Gasteiger partial charge in [-0.25, -0.2) is 0 Å². The minimum absolute atomic E-state index is 0.123. The number of oxime groups is 1. The second-order valence-electron chi connectivity index (χ2n) is 2.36. The number of aromatic nitrogens is 1. The molecule has 1 rings (SSSR count). The van der Waals surface area contributed by atoms with Crippen LogP contribution in [0.3, 0.4) is 0 Å². The molecule has 0 aliphatic heterocycles. The smallest absolute Gasteiger partial charge is 0.399 e. The summed E-state index contributed by atoms with van der Waals surface area (Å²) in [6.07, 6.45) is -2.09. The molecule has 0 aliphatic rings. The number of halogens is 3. The van der Waals surface area contributed by atoms with E-state index in [-0.39, 0.29) is 5.56 Å². The zero-order valence-corrected chi connectivity index (χ0v) is 7.25. The van der Waals surface area contributed by atoms with Gasteiger partial charge < -0.3 is 4.84 Å². The SMILES string of the molecule is CO/N=C(\c1cccnc1)C(F)(F)F. The molecule has 0 saturated carbocycles. The Bertz CT molecular complexity index is 321. The molecule has 3 nitrogen and oxygen atoms in total. The van der Waals surface area contributed by atoms with Crippen molar-refractivity contribution in [3.05, 3.63) is 30.1 Å². The van der Waals surface area contributed by atoms with Crippen LogP contribution in [0.15, 0.2) is 29.7 Å². The van der Waals surface area contributed by atoms with Crippen molar-refractivity contribution in [2.24, 2.45) is 5.16 Å². The number of pyridine rings is 1. The Labute approximate surface area is 78.2 Å². The van der Waals surface area contributed by atoms with Gasteiger partial charge in [0, 0.05) is 18.0 Å². The summed E-state index contributed by atoms with van der Waals surface area (Å²) in [5, 5.41) is 2.92.